The molecule has 0 aromatic heterocycles. The number of aliphatic imine (C=N–C) groups is 1. The maximum Gasteiger partial charge on any atom is 0.0783 e. The first kappa shape index (κ1) is 8.63. The average molecular weight is 167 g/mol. The third-order valence-electron chi connectivity index (χ3n) is 1.95. The van der Waals surface area contributed by atoms with Crippen molar-refractivity contribution in [3.05, 3.63) is 12.2 Å². The summed E-state index contributed by atoms with van der Waals surface area (Å²) in [6.07, 6.45) is 10.6. The number of nitrogens with zero attached hydrogens (tertiary/aromatic N) is 1. The van der Waals surface area contributed by atoms with Gasteiger partial charge in [-0.05, 0) is 31.5 Å². The van der Waals surface area contributed by atoms with Crippen LogP contribution in [0, 0.1) is 0 Å². The standard InChI is InChI=1S/C9H13NS/c11-8-10-9-6-4-2-1-3-5-7-9/h4,6,9H,1-3,5,7H2. The summed E-state index contributed by atoms with van der Waals surface area (Å²) in [4.78, 5) is 4.06. The van der Waals surface area contributed by atoms with Crippen molar-refractivity contribution in [1.29, 1.82) is 0 Å². The van der Waals surface area contributed by atoms with E-state index in [-0.39, 0.29) is 0 Å². The summed E-state index contributed by atoms with van der Waals surface area (Å²) in [6.45, 7) is 0. The molecule has 0 saturated heterocycles. The molecule has 1 atom stereocenters. The molecule has 0 amide bonds. The Balaban J connectivity index is 2.47. The third-order valence-corrected chi connectivity index (χ3v) is 2.05. The molecular formula is C9H13NS. The molecule has 0 heterocycles. The van der Waals surface area contributed by atoms with Gasteiger partial charge in [-0.1, -0.05) is 25.0 Å². The zero-order valence-corrected chi connectivity index (χ0v) is 7.44. The van der Waals surface area contributed by atoms with Gasteiger partial charge >= 0.3 is 0 Å². The van der Waals surface area contributed by atoms with Crippen LogP contribution in [0.5, 0.6) is 0 Å². The topological polar surface area (TPSA) is 12.4 Å². The normalized spacial score (nSPS) is 24.9. The smallest absolute Gasteiger partial charge is 0.0783 e. The molecule has 1 aliphatic rings. The fourth-order valence-corrected chi connectivity index (χ4v) is 1.45. The van der Waals surface area contributed by atoms with Gasteiger partial charge in [0.05, 0.1) is 11.2 Å². The monoisotopic (exact) mass is 167 g/mol. The van der Waals surface area contributed by atoms with Crippen molar-refractivity contribution in [3.63, 3.8) is 0 Å². The minimum absolute atomic E-state index is 0.313. The predicted molar refractivity (Wildman–Crippen MR) is 51.0 cm³/mol. The van der Waals surface area contributed by atoms with Crippen molar-refractivity contribution in [2.24, 2.45) is 4.99 Å². The molecule has 1 nitrogen and oxygen atoms in total. The predicted octanol–water partition coefficient (Wildman–Crippen LogP) is 2.98. The van der Waals surface area contributed by atoms with Crippen LogP contribution < -0.4 is 0 Å². The highest BCUT2D eigenvalue weighted by Gasteiger charge is 2.02. The van der Waals surface area contributed by atoms with Crippen molar-refractivity contribution < 1.29 is 0 Å². The van der Waals surface area contributed by atoms with Gasteiger partial charge in [0.25, 0.3) is 0 Å². The van der Waals surface area contributed by atoms with Crippen molar-refractivity contribution in [2.75, 3.05) is 0 Å². The van der Waals surface area contributed by atoms with E-state index in [1.807, 2.05) is 0 Å². The van der Waals surface area contributed by atoms with Gasteiger partial charge in [-0.3, -0.25) is 0 Å². The van der Waals surface area contributed by atoms with E-state index in [1.165, 1.54) is 25.7 Å². The van der Waals surface area contributed by atoms with E-state index in [2.05, 4.69) is 34.5 Å². The Kier molecular flexibility index (Phi) is 4.10. The molecule has 1 rings (SSSR count). The molecule has 0 spiro atoms. The highest BCUT2D eigenvalue weighted by molar-refractivity contribution is 7.78. The lowest BCUT2D eigenvalue weighted by Crippen LogP contribution is -2.01. The van der Waals surface area contributed by atoms with Crippen molar-refractivity contribution in [1.82, 2.24) is 0 Å². The third kappa shape index (κ3) is 3.45. The molecule has 0 bridgehead atoms. The molecule has 0 radical (unpaired) electrons. The molecule has 0 fully saturated rings. The van der Waals surface area contributed by atoms with Gasteiger partial charge in [-0.2, -0.15) is 0 Å². The first-order valence-corrected chi connectivity index (χ1v) is 4.58. The molecule has 0 saturated carbocycles. The van der Waals surface area contributed by atoms with E-state index in [0.717, 1.165) is 6.42 Å². The quantitative estimate of drug-likeness (QED) is 0.332. The minimum atomic E-state index is 0.313. The molecule has 0 aromatic carbocycles. The second kappa shape index (κ2) is 5.22. The van der Waals surface area contributed by atoms with Crippen LogP contribution in [0.25, 0.3) is 0 Å². The fourth-order valence-electron chi connectivity index (χ4n) is 1.32. The number of hydrogen-bond donors (Lipinski definition) is 0. The van der Waals surface area contributed by atoms with Gasteiger partial charge < -0.3 is 0 Å². The molecule has 0 aromatic rings. The Hall–Kier alpha value is -0.460. The zero-order valence-electron chi connectivity index (χ0n) is 6.62. The van der Waals surface area contributed by atoms with E-state index < -0.39 is 0 Å². The molecule has 1 aliphatic carbocycles. The molecule has 0 N–H and O–H groups in total. The van der Waals surface area contributed by atoms with E-state index in [9.17, 15) is 0 Å². The SMILES string of the molecule is S=C=NC1C=CCCCCC1. The van der Waals surface area contributed by atoms with Crippen LogP contribution in [0.1, 0.15) is 32.1 Å². The van der Waals surface area contributed by atoms with E-state index in [0.29, 0.717) is 6.04 Å². The molecule has 2 heteroatoms. The van der Waals surface area contributed by atoms with Crippen LogP contribution in [-0.2, 0) is 0 Å². The van der Waals surface area contributed by atoms with E-state index >= 15 is 0 Å². The number of thiocarbonyl (C=S) groups is 1. The Morgan fingerprint density at radius 2 is 2.27 bits per heavy atom. The summed E-state index contributed by atoms with van der Waals surface area (Å²) in [6, 6.07) is 0.313. The van der Waals surface area contributed by atoms with Gasteiger partial charge in [0, 0.05) is 0 Å². The molecular weight excluding hydrogens is 154 g/mol. The van der Waals surface area contributed by atoms with E-state index in [4.69, 9.17) is 0 Å². The maximum atomic E-state index is 4.56. The van der Waals surface area contributed by atoms with E-state index in [1.54, 1.807) is 0 Å². The fraction of sp³-hybridized carbons (Fsp3) is 0.667. The van der Waals surface area contributed by atoms with Crippen LogP contribution >= 0.6 is 12.2 Å². The highest BCUT2D eigenvalue weighted by Crippen LogP contribution is 2.13. The van der Waals surface area contributed by atoms with Crippen LogP contribution in [0.15, 0.2) is 17.1 Å². The Morgan fingerprint density at radius 1 is 1.36 bits per heavy atom. The maximum absolute atomic E-state index is 4.56. The average Bonchev–Trinajstić information content (AvgIpc) is 1.94. The van der Waals surface area contributed by atoms with Gasteiger partial charge in [0.2, 0.25) is 0 Å². The van der Waals surface area contributed by atoms with Crippen LogP contribution in [0.2, 0.25) is 0 Å². The van der Waals surface area contributed by atoms with Gasteiger partial charge in [0.1, 0.15) is 0 Å². The second-order valence-electron chi connectivity index (χ2n) is 2.85. The van der Waals surface area contributed by atoms with Crippen molar-refractivity contribution >= 4 is 17.4 Å². The highest BCUT2D eigenvalue weighted by atomic mass is 32.1. The molecule has 1 unspecified atom stereocenters. The number of allylic oxidation sites excluding steroid dienone is 1. The summed E-state index contributed by atoms with van der Waals surface area (Å²) >= 11 is 4.56. The minimum Gasteiger partial charge on any atom is -0.225 e. The molecule has 60 valence electrons. The Morgan fingerprint density at radius 3 is 3.09 bits per heavy atom. The summed E-state index contributed by atoms with van der Waals surface area (Å²) in [5, 5.41) is 2.44. The lowest BCUT2D eigenvalue weighted by Gasteiger charge is -2.08. The summed E-state index contributed by atoms with van der Waals surface area (Å²) in [5.41, 5.74) is 0. The summed E-state index contributed by atoms with van der Waals surface area (Å²) in [5.74, 6) is 0. The Labute approximate surface area is 73.2 Å². The van der Waals surface area contributed by atoms with Crippen LogP contribution in [0.3, 0.4) is 0 Å². The summed E-state index contributed by atoms with van der Waals surface area (Å²) < 4.78 is 0. The van der Waals surface area contributed by atoms with Gasteiger partial charge in [-0.15, -0.1) is 0 Å². The lowest BCUT2D eigenvalue weighted by molar-refractivity contribution is 0.596. The first-order valence-electron chi connectivity index (χ1n) is 4.17. The number of rotatable bonds is 1. The van der Waals surface area contributed by atoms with Crippen LogP contribution in [-0.4, -0.2) is 11.2 Å². The van der Waals surface area contributed by atoms with Gasteiger partial charge in [-0.25, -0.2) is 4.99 Å². The number of hydrogen-bond acceptors (Lipinski definition) is 2. The summed E-state index contributed by atoms with van der Waals surface area (Å²) in [7, 11) is 0. The largest absolute Gasteiger partial charge is 0.225 e. The van der Waals surface area contributed by atoms with Crippen molar-refractivity contribution in [3.8, 4) is 0 Å². The number of isothiocyanates is 1. The van der Waals surface area contributed by atoms with Gasteiger partial charge in [0.15, 0.2) is 0 Å². The van der Waals surface area contributed by atoms with Crippen LogP contribution in [0.4, 0.5) is 0 Å². The first-order chi connectivity index (χ1) is 5.43. The molecule has 11 heavy (non-hydrogen) atoms. The second-order valence-corrected chi connectivity index (χ2v) is 3.04. The molecule has 0 aliphatic heterocycles. The van der Waals surface area contributed by atoms with Crippen molar-refractivity contribution in [2.45, 2.75) is 38.1 Å². The zero-order chi connectivity index (χ0) is 7.94. The Bertz CT molecular complexity index is 180. The lowest BCUT2D eigenvalue weighted by atomic mass is 10.0.